The lowest BCUT2D eigenvalue weighted by Gasteiger charge is -2.29. The number of nitrogens with two attached hydrogens (primary N) is 1. The lowest BCUT2D eigenvalue weighted by molar-refractivity contribution is -0.117. The summed E-state index contributed by atoms with van der Waals surface area (Å²) in [4.78, 5) is 12.4. The molecular formula is C19H28N2O2S. The van der Waals surface area contributed by atoms with Crippen LogP contribution in [0.1, 0.15) is 56.6 Å². The Bertz CT molecular complexity index is 729. The SMILES string of the molecule is CC(C)c1ccccc1CC(=O)N=S1(=O)CCC(C2(N)CC2)CC1. The zero-order valence-corrected chi connectivity index (χ0v) is 15.5. The molecule has 1 saturated heterocycles. The summed E-state index contributed by atoms with van der Waals surface area (Å²) in [6.45, 7) is 4.23. The quantitative estimate of drug-likeness (QED) is 0.908. The number of carbonyl (C=O) groups is 1. The number of benzene rings is 1. The van der Waals surface area contributed by atoms with E-state index in [0.29, 0.717) is 23.3 Å². The number of nitrogens with zero attached hydrogens (tertiary/aromatic N) is 1. The molecule has 0 bridgehead atoms. The zero-order valence-electron chi connectivity index (χ0n) is 14.7. The van der Waals surface area contributed by atoms with E-state index in [4.69, 9.17) is 5.73 Å². The van der Waals surface area contributed by atoms with Crippen LogP contribution in [0, 0.1) is 5.92 Å². The normalized spacial score (nSPS) is 28.6. The van der Waals surface area contributed by atoms with E-state index in [1.165, 1.54) is 5.56 Å². The van der Waals surface area contributed by atoms with Gasteiger partial charge >= 0.3 is 0 Å². The number of amides is 1. The second kappa shape index (κ2) is 6.60. The maximum absolute atomic E-state index is 12.9. The molecule has 0 spiro atoms. The van der Waals surface area contributed by atoms with Gasteiger partial charge in [0.25, 0.3) is 5.91 Å². The van der Waals surface area contributed by atoms with Crippen LogP contribution >= 0.6 is 0 Å². The van der Waals surface area contributed by atoms with Crippen LogP contribution in [0.2, 0.25) is 0 Å². The van der Waals surface area contributed by atoms with Gasteiger partial charge in [0.05, 0.1) is 16.1 Å². The molecule has 24 heavy (non-hydrogen) atoms. The maximum atomic E-state index is 12.9. The Morgan fingerprint density at radius 3 is 2.50 bits per heavy atom. The third-order valence-electron chi connectivity index (χ3n) is 5.50. The zero-order chi connectivity index (χ0) is 17.4. The molecule has 2 aliphatic rings. The molecule has 1 heterocycles. The summed E-state index contributed by atoms with van der Waals surface area (Å²) < 4.78 is 17.0. The predicted molar refractivity (Wildman–Crippen MR) is 98.4 cm³/mol. The molecule has 0 atom stereocenters. The van der Waals surface area contributed by atoms with Crippen molar-refractivity contribution in [3.8, 4) is 0 Å². The molecule has 2 N–H and O–H groups in total. The minimum absolute atomic E-state index is 0.0129. The standard InChI is InChI=1S/C19H28N2O2S/c1-14(2)17-6-4-3-5-15(17)13-18(22)21-24(23)11-7-16(8-12-24)19(20)9-10-19/h3-6,14,16H,7-13,20H2,1-2H3. The van der Waals surface area contributed by atoms with Crippen molar-refractivity contribution in [1.82, 2.24) is 0 Å². The van der Waals surface area contributed by atoms with Gasteiger partial charge in [-0.3, -0.25) is 4.79 Å². The van der Waals surface area contributed by atoms with E-state index in [-0.39, 0.29) is 17.9 Å². The predicted octanol–water partition coefficient (Wildman–Crippen LogP) is 3.25. The fraction of sp³-hybridized carbons (Fsp3) is 0.632. The van der Waals surface area contributed by atoms with Crippen molar-refractivity contribution in [3.63, 3.8) is 0 Å². The Hall–Kier alpha value is -1.20. The van der Waals surface area contributed by atoms with Crippen molar-refractivity contribution in [2.24, 2.45) is 16.0 Å². The van der Waals surface area contributed by atoms with Gasteiger partial charge in [0.15, 0.2) is 0 Å². The van der Waals surface area contributed by atoms with E-state index in [9.17, 15) is 9.00 Å². The first-order chi connectivity index (χ1) is 11.3. The van der Waals surface area contributed by atoms with Gasteiger partial charge < -0.3 is 5.73 Å². The van der Waals surface area contributed by atoms with Crippen LogP contribution in [-0.4, -0.2) is 27.2 Å². The maximum Gasteiger partial charge on any atom is 0.258 e. The molecule has 1 aliphatic heterocycles. The summed E-state index contributed by atoms with van der Waals surface area (Å²) in [5.74, 6) is 1.61. The van der Waals surface area contributed by atoms with Crippen LogP contribution in [-0.2, 0) is 20.9 Å². The molecule has 5 heteroatoms. The lowest BCUT2D eigenvalue weighted by atomic mass is 9.92. The summed E-state index contributed by atoms with van der Waals surface area (Å²) in [6, 6.07) is 7.95. The van der Waals surface area contributed by atoms with Crippen molar-refractivity contribution in [2.45, 2.75) is 57.4 Å². The molecule has 1 saturated carbocycles. The van der Waals surface area contributed by atoms with Crippen molar-refractivity contribution < 1.29 is 9.00 Å². The molecule has 4 nitrogen and oxygen atoms in total. The summed E-state index contributed by atoms with van der Waals surface area (Å²) in [7, 11) is -2.39. The Balaban J connectivity index is 1.68. The van der Waals surface area contributed by atoms with Crippen molar-refractivity contribution >= 4 is 15.6 Å². The summed E-state index contributed by atoms with van der Waals surface area (Å²) in [5, 5.41) is 0. The number of carbonyl (C=O) groups excluding carboxylic acids is 1. The highest BCUT2D eigenvalue weighted by atomic mass is 32.2. The topological polar surface area (TPSA) is 72.5 Å². The van der Waals surface area contributed by atoms with E-state index < -0.39 is 9.73 Å². The minimum atomic E-state index is -2.39. The average Bonchev–Trinajstić information content (AvgIpc) is 3.26. The van der Waals surface area contributed by atoms with E-state index in [0.717, 1.165) is 31.2 Å². The molecule has 1 aliphatic carbocycles. The fourth-order valence-electron chi connectivity index (χ4n) is 3.76. The molecule has 0 aromatic heterocycles. The van der Waals surface area contributed by atoms with Crippen LogP contribution in [0.3, 0.4) is 0 Å². The first kappa shape index (κ1) is 17.6. The van der Waals surface area contributed by atoms with Gasteiger partial charge in [0.1, 0.15) is 0 Å². The second-order valence-electron chi connectivity index (χ2n) is 7.70. The Morgan fingerprint density at radius 2 is 1.92 bits per heavy atom. The van der Waals surface area contributed by atoms with Crippen molar-refractivity contribution in [3.05, 3.63) is 35.4 Å². The first-order valence-electron chi connectivity index (χ1n) is 8.93. The van der Waals surface area contributed by atoms with Gasteiger partial charge in [-0.25, -0.2) is 4.21 Å². The van der Waals surface area contributed by atoms with Gasteiger partial charge in [-0.2, -0.15) is 4.36 Å². The Labute approximate surface area is 145 Å². The molecule has 1 aromatic rings. The summed E-state index contributed by atoms with van der Waals surface area (Å²) >= 11 is 0. The van der Waals surface area contributed by atoms with Gasteiger partial charge in [0, 0.05) is 17.0 Å². The van der Waals surface area contributed by atoms with Crippen LogP contribution in [0.25, 0.3) is 0 Å². The smallest absolute Gasteiger partial charge is 0.258 e. The van der Waals surface area contributed by atoms with E-state index in [1.54, 1.807) is 0 Å². The highest BCUT2D eigenvalue weighted by Crippen LogP contribution is 2.44. The van der Waals surface area contributed by atoms with Crippen LogP contribution in [0.15, 0.2) is 28.6 Å². The highest BCUT2D eigenvalue weighted by molar-refractivity contribution is 7.93. The second-order valence-corrected chi connectivity index (χ2v) is 10.2. The minimum Gasteiger partial charge on any atom is -0.325 e. The van der Waals surface area contributed by atoms with Gasteiger partial charge in [-0.15, -0.1) is 0 Å². The average molecular weight is 349 g/mol. The lowest BCUT2D eigenvalue weighted by Crippen LogP contribution is -2.38. The van der Waals surface area contributed by atoms with Crippen molar-refractivity contribution in [1.29, 1.82) is 0 Å². The Morgan fingerprint density at radius 1 is 1.29 bits per heavy atom. The number of hydrogen-bond acceptors (Lipinski definition) is 3. The van der Waals surface area contributed by atoms with Crippen molar-refractivity contribution in [2.75, 3.05) is 11.5 Å². The Kier molecular flexibility index (Phi) is 4.85. The molecule has 0 radical (unpaired) electrons. The molecule has 1 aromatic carbocycles. The van der Waals surface area contributed by atoms with Crippen LogP contribution in [0.5, 0.6) is 0 Å². The van der Waals surface area contributed by atoms with Crippen LogP contribution < -0.4 is 5.73 Å². The fourth-order valence-corrected chi connectivity index (χ4v) is 5.89. The molecule has 1 amide bonds. The number of rotatable bonds is 4. The molecular weight excluding hydrogens is 320 g/mol. The summed E-state index contributed by atoms with van der Waals surface area (Å²) in [5.41, 5.74) is 8.42. The molecule has 2 fully saturated rings. The van der Waals surface area contributed by atoms with E-state index in [2.05, 4.69) is 24.3 Å². The van der Waals surface area contributed by atoms with E-state index in [1.807, 2.05) is 18.2 Å². The number of hydrogen-bond donors (Lipinski definition) is 1. The first-order valence-corrected chi connectivity index (χ1v) is 10.8. The van der Waals surface area contributed by atoms with Gasteiger partial charge in [-0.1, -0.05) is 38.1 Å². The third kappa shape index (κ3) is 3.89. The molecule has 3 rings (SSSR count). The highest BCUT2D eigenvalue weighted by Gasteiger charge is 2.46. The molecule has 0 unspecified atom stereocenters. The third-order valence-corrected chi connectivity index (χ3v) is 7.78. The monoisotopic (exact) mass is 348 g/mol. The van der Waals surface area contributed by atoms with Gasteiger partial charge in [0.2, 0.25) is 0 Å². The van der Waals surface area contributed by atoms with Gasteiger partial charge in [-0.05, 0) is 48.6 Å². The molecule has 132 valence electrons. The summed E-state index contributed by atoms with van der Waals surface area (Å²) in [6.07, 6.45) is 4.10. The van der Waals surface area contributed by atoms with E-state index >= 15 is 0 Å². The largest absolute Gasteiger partial charge is 0.325 e. The van der Waals surface area contributed by atoms with Crippen LogP contribution in [0.4, 0.5) is 0 Å².